The molecule has 32 heavy (non-hydrogen) atoms. The van der Waals surface area contributed by atoms with Gasteiger partial charge in [0, 0.05) is 16.6 Å². The quantitative estimate of drug-likeness (QED) is 0.325. The Morgan fingerprint density at radius 3 is 2.75 bits per heavy atom. The second-order valence-corrected chi connectivity index (χ2v) is 7.82. The van der Waals surface area contributed by atoms with Gasteiger partial charge >= 0.3 is 0 Å². The Hall–Kier alpha value is -3.39. The standard InChI is InChI=1S/C24H23ClN4O3/c25-21-7-2-1-4-18(21)15-32-20-6-3-5-17(12-20)22-13-23(28-27-22)24(31)29-26-14-16-8-10-19(30)11-9-16/h1-12,14,22-23,27-28,30H,13,15H2,(H,29,31)/b26-14+. The van der Waals surface area contributed by atoms with Crippen LogP contribution in [0.2, 0.25) is 5.02 Å². The van der Waals surface area contributed by atoms with E-state index in [4.69, 9.17) is 16.3 Å². The largest absolute Gasteiger partial charge is 0.508 e. The zero-order chi connectivity index (χ0) is 22.3. The average molecular weight is 451 g/mol. The number of hydrazone groups is 1. The highest BCUT2D eigenvalue weighted by Crippen LogP contribution is 2.26. The normalized spacial score (nSPS) is 18.0. The van der Waals surface area contributed by atoms with Gasteiger partial charge in [-0.3, -0.25) is 4.79 Å². The lowest BCUT2D eigenvalue weighted by Crippen LogP contribution is -2.41. The van der Waals surface area contributed by atoms with Crippen molar-refractivity contribution >= 4 is 23.7 Å². The number of hydrogen-bond donors (Lipinski definition) is 4. The van der Waals surface area contributed by atoms with Crippen LogP contribution in [0.3, 0.4) is 0 Å². The van der Waals surface area contributed by atoms with E-state index in [9.17, 15) is 9.90 Å². The molecular formula is C24H23ClN4O3. The van der Waals surface area contributed by atoms with Crippen molar-refractivity contribution in [1.82, 2.24) is 16.3 Å². The number of amides is 1. The van der Waals surface area contributed by atoms with Gasteiger partial charge in [0.1, 0.15) is 24.1 Å². The molecule has 3 aromatic rings. The minimum Gasteiger partial charge on any atom is -0.508 e. The molecule has 1 heterocycles. The smallest absolute Gasteiger partial charge is 0.258 e. The summed E-state index contributed by atoms with van der Waals surface area (Å²) in [6.45, 7) is 0.379. The Kier molecular flexibility index (Phi) is 7.01. The Morgan fingerprint density at radius 2 is 1.94 bits per heavy atom. The van der Waals surface area contributed by atoms with Gasteiger partial charge in [-0.1, -0.05) is 41.9 Å². The third kappa shape index (κ3) is 5.64. The molecular weight excluding hydrogens is 428 g/mol. The number of hydrogen-bond acceptors (Lipinski definition) is 6. The van der Waals surface area contributed by atoms with E-state index in [1.54, 1.807) is 24.3 Å². The first-order valence-electron chi connectivity index (χ1n) is 10.2. The van der Waals surface area contributed by atoms with E-state index in [1.165, 1.54) is 6.21 Å². The number of halogens is 1. The topological polar surface area (TPSA) is 95.0 Å². The van der Waals surface area contributed by atoms with Crippen LogP contribution in [0.4, 0.5) is 0 Å². The highest BCUT2D eigenvalue weighted by atomic mass is 35.5. The zero-order valence-corrected chi connectivity index (χ0v) is 17.9. The van der Waals surface area contributed by atoms with Gasteiger partial charge in [0.25, 0.3) is 5.91 Å². The molecule has 0 aliphatic carbocycles. The van der Waals surface area contributed by atoms with E-state index in [2.05, 4.69) is 21.4 Å². The number of aromatic hydroxyl groups is 1. The van der Waals surface area contributed by atoms with Crippen LogP contribution in [0, 0.1) is 0 Å². The van der Waals surface area contributed by atoms with Crippen LogP contribution in [0.25, 0.3) is 0 Å². The van der Waals surface area contributed by atoms with E-state index in [-0.39, 0.29) is 17.7 Å². The number of phenols is 1. The summed E-state index contributed by atoms with van der Waals surface area (Å²) in [7, 11) is 0. The minimum absolute atomic E-state index is 0.0457. The first kappa shape index (κ1) is 21.8. The van der Waals surface area contributed by atoms with Gasteiger partial charge in [0.15, 0.2) is 0 Å². The van der Waals surface area contributed by atoms with Crippen LogP contribution in [0.15, 0.2) is 77.9 Å². The lowest BCUT2D eigenvalue weighted by Gasteiger charge is -2.13. The number of nitrogens with zero attached hydrogens (tertiary/aromatic N) is 1. The number of carbonyl (C=O) groups is 1. The van der Waals surface area contributed by atoms with Gasteiger partial charge < -0.3 is 9.84 Å². The maximum Gasteiger partial charge on any atom is 0.258 e. The second kappa shape index (κ2) is 10.3. The minimum atomic E-state index is -0.426. The molecule has 0 bridgehead atoms. The van der Waals surface area contributed by atoms with E-state index in [0.29, 0.717) is 18.1 Å². The van der Waals surface area contributed by atoms with Gasteiger partial charge in [-0.25, -0.2) is 16.3 Å². The average Bonchev–Trinajstić information content (AvgIpc) is 3.31. The highest BCUT2D eigenvalue weighted by molar-refractivity contribution is 6.31. The number of hydrazine groups is 1. The summed E-state index contributed by atoms with van der Waals surface area (Å²) < 4.78 is 5.90. The van der Waals surface area contributed by atoms with Crippen molar-refractivity contribution in [1.29, 1.82) is 0 Å². The number of nitrogens with one attached hydrogen (secondary N) is 3. The van der Waals surface area contributed by atoms with Crippen LogP contribution in [0.1, 0.15) is 29.2 Å². The molecule has 3 aromatic carbocycles. The molecule has 1 saturated heterocycles. The number of benzene rings is 3. The first-order valence-corrected chi connectivity index (χ1v) is 10.6. The molecule has 2 unspecified atom stereocenters. The van der Waals surface area contributed by atoms with Gasteiger partial charge in [-0.2, -0.15) is 5.10 Å². The monoisotopic (exact) mass is 450 g/mol. The Morgan fingerprint density at radius 1 is 1.12 bits per heavy atom. The molecule has 164 valence electrons. The molecule has 0 spiro atoms. The van der Waals surface area contributed by atoms with Crippen molar-refractivity contribution in [3.63, 3.8) is 0 Å². The molecule has 0 radical (unpaired) electrons. The first-order chi connectivity index (χ1) is 15.6. The Labute approximate surface area is 191 Å². The summed E-state index contributed by atoms with van der Waals surface area (Å²) in [4.78, 5) is 12.4. The molecule has 1 aliphatic heterocycles. The van der Waals surface area contributed by atoms with E-state index in [1.807, 2.05) is 48.5 Å². The van der Waals surface area contributed by atoms with Gasteiger partial charge in [0.2, 0.25) is 0 Å². The number of rotatable bonds is 7. The molecule has 0 aromatic heterocycles. The van der Waals surface area contributed by atoms with Gasteiger partial charge in [0.05, 0.1) is 6.21 Å². The fraction of sp³-hybridized carbons (Fsp3) is 0.167. The number of ether oxygens (including phenoxy) is 1. The van der Waals surface area contributed by atoms with Crippen molar-refractivity contribution in [2.45, 2.75) is 25.1 Å². The summed E-state index contributed by atoms with van der Waals surface area (Å²) in [5, 5.41) is 14.0. The molecule has 1 aliphatic rings. The third-order valence-electron chi connectivity index (χ3n) is 5.11. The van der Waals surface area contributed by atoms with Crippen molar-refractivity contribution in [2.24, 2.45) is 5.10 Å². The predicted molar refractivity (Wildman–Crippen MR) is 123 cm³/mol. The van der Waals surface area contributed by atoms with Crippen LogP contribution < -0.4 is 21.0 Å². The molecule has 1 fully saturated rings. The molecule has 7 nitrogen and oxygen atoms in total. The summed E-state index contributed by atoms with van der Waals surface area (Å²) in [5.74, 6) is 0.675. The lowest BCUT2D eigenvalue weighted by molar-refractivity contribution is -0.122. The van der Waals surface area contributed by atoms with Gasteiger partial charge in [-0.05, 0) is 60.0 Å². The van der Waals surface area contributed by atoms with Crippen LogP contribution in [0.5, 0.6) is 11.5 Å². The van der Waals surface area contributed by atoms with Gasteiger partial charge in [-0.15, -0.1) is 0 Å². The van der Waals surface area contributed by atoms with E-state index < -0.39 is 6.04 Å². The summed E-state index contributed by atoms with van der Waals surface area (Å²) in [6.07, 6.45) is 2.09. The number of carbonyl (C=O) groups excluding carboxylic acids is 1. The zero-order valence-electron chi connectivity index (χ0n) is 17.2. The van der Waals surface area contributed by atoms with Crippen molar-refractivity contribution < 1.29 is 14.6 Å². The number of phenolic OH excluding ortho intramolecular Hbond substituents is 1. The Bertz CT molecular complexity index is 1100. The molecule has 4 rings (SSSR count). The van der Waals surface area contributed by atoms with Crippen LogP contribution in [-0.4, -0.2) is 23.3 Å². The van der Waals surface area contributed by atoms with Crippen molar-refractivity contribution in [3.8, 4) is 11.5 Å². The van der Waals surface area contributed by atoms with Crippen LogP contribution >= 0.6 is 11.6 Å². The summed E-state index contributed by atoms with van der Waals surface area (Å²) in [5.41, 5.74) is 11.4. The van der Waals surface area contributed by atoms with E-state index in [0.717, 1.165) is 22.4 Å². The molecule has 8 heteroatoms. The summed E-state index contributed by atoms with van der Waals surface area (Å²) in [6, 6.07) is 21.4. The SMILES string of the molecule is O=C(N/N=C/c1ccc(O)cc1)C1CC(c2cccc(OCc3ccccc3Cl)c2)NN1. The molecule has 4 N–H and O–H groups in total. The molecule has 0 saturated carbocycles. The summed E-state index contributed by atoms with van der Waals surface area (Å²) >= 11 is 6.19. The lowest BCUT2D eigenvalue weighted by atomic mass is 10.0. The molecule has 2 atom stereocenters. The van der Waals surface area contributed by atoms with E-state index >= 15 is 0 Å². The second-order valence-electron chi connectivity index (χ2n) is 7.41. The predicted octanol–water partition coefficient (Wildman–Crippen LogP) is 3.68. The highest BCUT2D eigenvalue weighted by Gasteiger charge is 2.30. The molecule has 1 amide bonds. The fourth-order valence-electron chi connectivity index (χ4n) is 3.35. The maximum atomic E-state index is 12.4. The fourth-order valence-corrected chi connectivity index (χ4v) is 3.54. The Balaban J connectivity index is 1.30. The van der Waals surface area contributed by atoms with Crippen LogP contribution in [-0.2, 0) is 11.4 Å². The van der Waals surface area contributed by atoms with Crippen molar-refractivity contribution in [3.05, 3.63) is 94.5 Å². The third-order valence-corrected chi connectivity index (χ3v) is 5.48. The van der Waals surface area contributed by atoms with Crippen molar-refractivity contribution in [2.75, 3.05) is 0 Å². The maximum absolute atomic E-state index is 12.4.